The Morgan fingerprint density at radius 3 is 2.90 bits per heavy atom. The van der Waals surface area contributed by atoms with E-state index in [0.717, 1.165) is 23.5 Å². The number of nitrogens with one attached hydrogen (secondary N) is 2. The Hall–Kier alpha value is -1.91. The largest absolute Gasteiger partial charge is 0.497 e. The van der Waals surface area contributed by atoms with Gasteiger partial charge in [0.05, 0.1) is 13.2 Å². The second kappa shape index (κ2) is 6.24. The van der Waals surface area contributed by atoms with Crippen molar-refractivity contribution < 1.29 is 14.3 Å². The van der Waals surface area contributed by atoms with Crippen molar-refractivity contribution >= 4 is 6.03 Å². The fourth-order valence-corrected chi connectivity index (χ4v) is 2.54. The second-order valence-corrected chi connectivity index (χ2v) is 5.92. The first kappa shape index (κ1) is 15.5. The van der Waals surface area contributed by atoms with Crippen LogP contribution in [0.1, 0.15) is 45.2 Å². The Kier molecular flexibility index (Phi) is 4.60. The van der Waals surface area contributed by atoms with Crippen LogP contribution in [-0.4, -0.2) is 25.3 Å². The molecule has 1 aromatic carbocycles. The van der Waals surface area contributed by atoms with Crippen molar-refractivity contribution in [2.45, 2.75) is 45.3 Å². The van der Waals surface area contributed by atoms with Crippen LogP contribution in [0.3, 0.4) is 0 Å². The molecule has 0 bridgehead atoms. The van der Waals surface area contributed by atoms with Crippen LogP contribution < -0.4 is 20.1 Å². The Balaban J connectivity index is 2.22. The minimum Gasteiger partial charge on any atom is -0.497 e. The maximum Gasteiger partial charge on any atom is 0.315 e. The molecule has 21 heavy (non-hydrogen) atoms. The van der Waals surface area contributed by atoms with Crippen LogP contribution in [0, 0.1) is 0 Å². The zero-order valence-corrected chi connectivity index (χ0v) is 13.2. The molecule has 5 heteroatoms. The topological polar surface area (TPSA) is 59.6 Å². The van der Waals surface area contributed by atoms with Crippen LogP contribution in [-0.2, 0) is 0 Å². The number of carbonyl (C=O) groups is 1. The van der Waals surface area contributed by atoms with Gasteiger partial charge in [-0.3, -0.25) is 0 Å². The molecule has 2 N–H and O–H groups in total. The molecule has 0 aliphatic carbocycles. The number of urea groups is 1. The number of carbonyl (C=O) groups excluding carboxylic acids is 1. The van der Waals surface area contributed by atoms with E-state index in [4.69, 9.17) is 9.47 Å². The number of hydrogen-bond donors (Lipinski definition) is 2. The summed E-state index contributed by atoms with van der Waals surface area (Å²) in [5.41, 5.74) is 0.643. The number of fused-ring (bicyclic) bond motifs is 1. The first-order valence-electron chi connectivity index (χ1n) is 7.36. The van der Waals surface area contributed by atoms with Crippen LogP contribution >= 0.6 is 0 Å². The van der Waals surface area contributed by atoms with Gasteiger partial charge in [-0.25, -0.2) is 4.79 Å². The van der Waals surface area contributed by atoms with Crippen molar-refractivity contribution in [1.82, 2.24) is 10.6 Å². The van der Waals surface area contributed by atoms with Gasteiger partial charge in [0.1, 0.15) is 17.1 Å². The Labute approximate surface area is 126 Å². The summed E-state index contributed by atoms with van der Waals surface area (Å²) in [6, 6.07) is 5.46. The third-order valence-electron chi connectivity index (χ3n) is 3.52. The lowest BCUT2D eigenvalue weighted by atomic mass is 9.89. The molecule has 1 atom stereocenters. The zero-order valence-electron chi connectivity index (χ0n) is 13.2. The lowest BCUT2D eigenvalue weighted by Gasteiger charge is -2.38. The Morgan fingerprint density at radius 1 is 1.48 bits per heavy atom. The minimum absolute atomic E-state index is 0.0873. The molecular formula is C16H24N2O3. The summed E-state index contributed by atoms with van der Waals surface area (Å²) in [7, 11) is 1.63. The quantitative estimate of drug-likeness (QED) is 0.897. The fraction of sp³-hybridized carbons (Fsp3) is 0.562. The number of benzene rings is 1. The predicted molar refractivity (Wildman–Crippen MR) is 81.9 cm³/mol. The van der Waals surface area contributed by atoms with Gasteiger partial charge in [-0.15, -0.1) is 0 Å². The highest BCUT2D eigenvalue weighted by Gasteiger charge is 2.34. The van der Waals surface area contributed by atoms with Gasteiger partial charge in [0.15, 0.2) is 0 Å². The van der Waals surface area contributed by atoms with Crippen molar-refractivity contribution in [3.63, 3.8) is 0 Å². The van der Waals surface area contributed by atoms with Gasteiger partial charge in [0.25, 0.3) is 0 Å². The molecule has 2 rings (SSSR count). The van der Waals surface area contributed by atoms with E-state index in [1.54, 1.807) is 7.11 Å². The molecule has 0 spiro atoms. The summed E-state index contributed by atoms with van der Waals surface area (Å²) in [4.78, 5) is 12.0. The number of hydrogen-bond acceptors (Lipinski definition) is 3. The van der Waals surface area contributed by atoms with Crippen LogP contribution in [0.5, 0.6) is 11.5 Å². The van der Waals surface area contributed by atoms with Crippen molar-refractivity contribution in [3.8, 4) is 11.5 Å². The van der Waals surface area contributed by atoms with E-state index in [0.29, 0.717) is 13.0 Å². The number of amides is 2. The summed E-state index contributed by atoms with van der Waals surface area (Å²) in [6.07, 6.45) is 1.63. The highest BCUT2D eigenvalue weighted by atomic mass is 16.5. The number of rotatable bonds is 4. The molecule has 5 nitrogen and oxygen atoms in total. The van der Waals surface area contributed by atoms with Crippen molar-refractivity contribution in [3.05, 3.63) is 23.8 Å². The second-order valence-electron chi connectivity index (χ2n) is 5.92. The molecule has 1 aliphatic rings. The molecule has 1 aliphatic heterocycles. The van der Waals surface area contributed by atoms with Gasteiger partial charge in [-0.1, -0.05) is 6.92 Å². The van der Waals surface area contributed by atoms with Crippen LogP contribution in [0.2, 0.25) is 0 Å². The molecule has 0 radical (unpaired) electrons. The Bertz CT molecular complexity index is 514. The Morgan fingerprint density at radius 2 is 2.24 bits per heavy atom. The lowest BCUT2D eigenvalue weighted by molar-refractivity contribution is 0.0677. The van der Waals surface area contributed by atoms with E-state index in [1.807, 2.05) is 39.0 Å². The van der Waals surface area contributed by atoms with E-state index in [2.05, 4.69) is 10.6 Å². The van der Waals surface area contributed by atoms with Gasteiger partial charge in [0, 0.05) is 18.5 Å². The first-order valence-corrected chi connectivity index (χ1v) is 7.36. The smallest absolute Gasteiger partial charge is 0.315 e. The third kappa shape index (κ3) is 3.80. The predicted octanol–water partition coefficient (Wildman–Crippen LogP) is 3.01. The monoisotopic (exact) mass is 292 g/mol. The van der Waals surface area contributed by atoms with E-state index < -0.39 is 0 Å². The van der Waals surface area contributed by atoms with Gasteiger partial charge < -0.3 is 20.1 Å². The van der Waals surface area contributed by atoms with E-state index >= 15 is 0 Å². The summed E-state index contributed by atoms with van der Waals surface area (Å²) in [6.45, 7) is 6.75. The molecule has 1 heterocycles. The molecule has 1 aromatic rings. The number of methoxy groups -OCH3 is 1. The average Bonchev–Trinajstić information content (AvgIpc) is 2.43. The molecule has 0 saturated carbocycles. The van der Waals surface area contributed by atoms with Crippen molar-refractivity contribution in [2.24, 2.45) is 0 Å². The SMILES string of the molecule is CCCNC(=O)N[C@@H]1CC(C)(C)Oc2ccc(OC)cc21. The molecule has 2 amide bonds. The molecule has 116 valence electrons. The van der Waals surface area contributed by atoms with Gasteiger partial charge in [0.2, 0.25) is 0 Å². The zero-order chi connectivity index (χ0) is 15.5. The summed E-state index contributed by atoms with van der Waals surface area (Å²) in [5, 5.41) is 5.88. The number of ether oxygens (including phenoxy) is 2. The molecular weight excluding hydrogens is 268 g/mol. The van der Waals surface area contributed by atoms with Gasteiger partial charge in [-0.05, 0) is 38.5 Å². The standard InChI is InChI=1S/C16H24N2O3/c1-5-8-17-15(19)18-13-10-16(2,3)21-14-7-6-11(20-4)9-12(13)14/h6-7,9,13H,5,8,10H2,1-4H3,(H2,17,18,19)/t13-/m1/s1. The third-order valence-corrected chi connectivity index (χ3v) is 3.52. The van der Waals surface area contributed by atoms with Gasteiger partial charge in [-0.2, -0.15) is 0 Å². The minimum atomic E-state index is -0.315. The first-order chi connectivity index (χ1) is 9.95. The maximum absolute atomic E-state index is 12.0. The summed E-state index contributed by atoms with van der Waals surface area (Å²) >= 11 is 0. The molecule has 0 fully saturated rings. The molecule has 0 saturated heterocycles. The highest BCUT2D eigenvalue weighted by molar-refractivity contribution is 5.74. The van der Waals surface area contributed by atoms with E-state index in [1.165, 1.54) is 0 Å². The van der Waals surface area contributed by atoms with Crippen LogP contribution in [0.4, 0.5) is 4.79 Å². The molecule has 0 aromatic heterocycles. The summed E-state index contributed by atoms with van der Waals surface area (Å²) in [5.74, 6) is 1.56. The normalized spacial score (nSPS) is 19.1. The highest BCUT2D eigenvalue weighted by Crippen LogP contribution is 2.40. The average molecular weight is 292 g/mol. The summed E-state index contributed by atoms with van der Waals surface area (Å²) < 4.78 is 11.3. The van der Waals surface area contributed by atoms with Crippen molar-refractivity contribution in [2.75, 3.05) is 13.7 Å². The van der Waals surface area contributed by atoms with E-state index in [-0.39, 0.29) is 17.7 Å². The van der Waals surface area contributed by atoms with Crippen LogP contribution in [0.25, 0.3) is 0 Å². The van der Waals surface area contributed by atoms with E-state index in [9.17, 15) is 4.79 Å². The maximum atomic E-state index is 12.0. The molecule has 0 unspecified atom stereocenters. The fourth-order valence-electron chi connectivity index (χ4n) is 2.54. The van der Waals surface area contributed by atoms with Crippen LogP contribution in [0.15, 0.2) is 18.2 Å². The lowest BCUT2D eigenvalue weighted by Crippen LogP contribution is -2.44. The van der Waals surface area contributed by atoms with Crippen molar-refractivity contribution in [1.29, 1.82) is 0 Å². The van der Waals surface area contributed by atoms with Gasteiger partial charge >= 0.3 is 6.03 Å².